The first-order chi connectivity index (χ1) is 13.3. The third-order valence-corrected chi connectivity index (χ3v) is 5.32. The number of nitrogens with zero attached hydrogens (tertiary/aromatic N) is 1. The van der Waals surface area contributed by atoms with Gasteiger partial charge in [0, 0.05) is 11.1 Å². The number of aryl methyl sites for hydroxylation is 2. The lowest BCUT2D eigenvalue weighted by Gasteiger charge is -2.26. The van der Waals surface area contributed by atoms with Gasteiger partial charge in [0.15, 0.2) is 6.23 Å². The van der Waals surface area contributed by atoms with Gasteiger partial charge >= 0.3 is 0 Å². The first-order valence-electron chi connectivity index (χ1n) is 10.3. The Kier molecular flexibility index (Phi) is 5.48. The smallest absolute Gasteiger partial charge is 0.161 e. The Morgan fingerprint density at radius 1 is 0.759 bits per heavy atom. The molecule has 0 aliphatic carbocycles. The molecule has 0 spiro atoms. The van der Waals surface area contributed by atoms with Gasteiger partial charge < -0.3 is 10.4 Å². The van der Waals surface area contributed by atoms with Gasteiger partial charge in [-0.1, -0.05) is 64.8 Å². The summed E-state index contributed by atoms with van der Waals surface area (Å²) in [4.78, 5) is 4.67. The summed E-state index contributed by atoms with van der Waals surface area (Å²) in [5.74, 6) is 0. The summed E-state index contributed by atoms with van der Waals surface area (Å²) >= 11 is 0. The van der Waals surface area contributed by atoms with Crippen molar-refractivity contribution < 1.29 is 5.11 Å². The van der Waals surface area contributed by atoms with Crippen LogP contribution < -0.4 is 5.32 Å². The van der Waals surface area contributed by atoms with E-state index >= 15 is 0 Å². The molecule has 2 aromatic rings. The summed E-state index contributed by atoms with van der Waals surface area (Å²) in [7, 11) is 0. The zero-order chi connectivity index (χ0) is 21.6. The van der Waals surface area contributed by atoms with Gasteiger partial charge in [0.25, 0.3) is 0 Å². The fourth-order valence-electron chi connectivity index (χ4n) is 3.62. The molecule has 2 aromatic carbocycles. The topological polar surface area (TPSA) is 44.6 Å². The van der Waals surface area contributed by atoms with Crippen molar-refractivity contribution in [1.29, 1.82) is 0 Å². The summed E-state index contributed by atoms with van der Waals surface area (Å²) in [6, 6.07) is 13.2. The van der Waals surface area contributed by atoms with E-state index in [2.05, 4.69) is 102 Å². The highest BCUT2D eigenvalue weighted by Gasteiger charge is 2.23. The van der Waals surface area contributed by atoms with E-state index in [-0.39, 0.29) is 10.8 Å². The van der Waals surface area contributed by atoms with E-state index in [1.807, 2.05) is 0 Å². The van der Waals surface area contributed by atoms with Crippen molar-refractivity contribution in [3.8, 4) is 0 Å². The Balaban J connectivity index is 2.24. The zero-order valence-corrected chi connectivity index (χ0v) is 19.0. The predicted molar refractivity (Wildman–Crippen MR) is 124 cm³/mol. The van der Waals surface area contributed by atoms with Crippen LogP contribution in [0.1, 0.15) is 74.9 Å². The Morgan fingerprint density at radius 2 is 1.24 bits per heavy atom. The molecule has 0 amide bonds. The molecular formula is C26H34N2O. The number of rotatable bonds is 2. The average molecular weight is 391 g/mol. The van der Waals surface area contributed by atoms with Crippen molar-refractivity contribution in [1.82, 2.24) is 5.32 Å². The maximum Gasteiger partial charge on any atom is 0.161 e. The fraction of sp³-hybridized carbons (Fsp3) is 0.423. The van der Waals surface area contributed by atoms with Crippen LogP contribution in [-0.2, 0) is 10.8 Å². The number of aliphatic hydroxyl groups excluding tert-OH is 1. The third kappa shape index (κ3) is 4.79. The second-order valence-corrected chi connectivity index (χ2v) is 10.3. The van der Waals surface area contributed by atoms with Crippen LogP contribution in [0.3, 0.4) is 0 Å². The highest BCUT2D eigenvalue weighted by atomic mass is 16.3. The molecule has 1 unspecified atom stereocenters. The van der Waals surface area contributed by atoms with Gasteiger partial charge in [-0.2, -0.15) is 0 Å². The van der Waals surface area contributed by atoms with Gasteiger partial charge in [-0.05, 0) is 60.1 Å². The predicted octanol–water partition coefficient (Wildman–Crippen LogP) is 5.72. The molecule has 0 saturated heterocycles. The molecule has 154 valence electrons. The molecule has 1 atom stereocenters. The van der Waals surface area contributed by atoms with Crippen molar-refractivity contribution >= 4 is 17.6 Å². The molecule has 3 nitrogen and oxygen atoms in total. The third-order valence-electron chi connectivity index (χ3n) is 5.32. The number of hydrogen-bond acceptors (Lipinski definition) is 3. The van der Waals surface area contributed by atoms with Gasteiger partial charge in [-0.25, -0.2) is 0 Å². The molecular weight excluding hydrogens is 356 g/mol. The quantitative estimate of drug-likeness (QED) is 0.689. The molecule has 2 N–H and O–H groups in total. The van der Waals surface area contributed by atoms with E-state index in [9.17, 15) is 5.11 Å². The van der Waals surface area contributed by atoms with Gasteiger partial charge in [-0.3, -0.25) is 4.99 Å². The summed E-state index contributed by atoms with van der Waals surface area (Å²) < 4.78 is 0. The van der Waals surface area contributed by atoms with Crippen LogP contribution in [0.5, 0.6) is 0 Å². The first kappa shape index (κ1) is 21.3. The van der Waals surface area contributed by atoms with Crippen LogP contribution in [-0.4, -0.2) is 17.5 Å². The standard InChI is InChI=1S/C26H34N2O/c1-16-9-18(13-20(11-16)25(3,4)5)23-24(28-22(29)15-27-23)19-10-17(2)12-21(14-19)26(6,7)8/h9-15,22,28-29H,1-8H3. The lowest BCUT2D eigenvalue weighted by atomic mass is 9.83. The number of benzene rings is 2. The second kappa shape index (κ2) is 7.46. The molecule has 1 aliphatic heterocycles. The van der Waals surface area contributed by atoms with Crippen molar-refractivity contribution in [2.45, 2.75) is 72.4 Å². The van der Waals surface area contributed by atoms with E-state index in [4.69, 9.17) is 0 Å². The maximum absolute atomic E-state index is 10.2. The van der Waals surface area contributed by atoms with Crippen LogP contribution >= 0.6 is 0 Å². The van der Waals surface area contributed by atoms with Gasteiger partial charge in [-0.15, -0.1) is 0 Å². The summed E-state index contributed by atoms with van der Waals surface area (Å²) in [6.07, 6.45) is 0.775. The van der Waals surface area contributed by atoms with Gasteiger partial charge in [0.1, 0.15) is 0 Å². The Bertz CT molecular complexity index is 985. The van der Waals surface area contributed by atoms with Crippen molar-refractivity contribution in [2.24, 2.45) is 4.99 Å². The number of aliphatic hydroxyl groups is 1. The summed E-state index contributed by atoms with van der Waals surface area (Å²) in [5, 5.41) is 13.5. The SMILES string of the molecule is Cc1cc(C2=C(c3cc(C)cc(C(C)(C)C)c3)NC(O)C=N2)cc(C(C)(C)C)c1. The molecule has 0 radical (unpaired) electrons. The molecule has 0 fully saturated rings. The zero-order valence-electron chi connectivity index (χ0n) is 19.0. The molecule has 0 aromatic heterocycles. The Hall–Kier alpha value is -2.39. The summed E-state index contributed by atoms with van der Waals surface area (Å²) in [5.41, 5.74) is 8.92. The molecule has 1 heterocycles. The normalized spacial score (nSPS) is 17.5. The highest BCUT2D eigenvalue weighted by Crippen LogP contribution is 2.34. The van der Waals surface area contributed by atoms with E-state index in [0.717, 1.165) is 22.5 Å². The lowest BCUT2D eigenvalue weighted by molar-refractivity contribution is 0.228. The van der Waals surface area contributed by atoms with Crippen LogP contribution in [0.2, 0.25) is 0 Å². The molecule has 0 saturated carbocycles. The van der Waals surface area contributed by atoms with E-state index in [0.29, 0.717) is 0 Å². The minimum absolute atomic E-state index is 0.0424. The number of aliphatic imine (C=N–C) groups is 1. The number of hydrogen-bond donors (Lipinski definition) is 2. The van der Waals surface area contributed by atoms with E-state index in [1.165, 1.54) is 22.3 Å². The molecule has 0 bridgehead atoms. The van der Waals surface area contributed by atoms with Crippen molar-refractivity contribution in [3.05, 3.63) is 69.8 Å². The van der Waals surface area contributed by atoms with Gasteiger partial charge in [0.05, 0.1) is 17.6 Å². The Labute approximate surface area is 175 Å². The molecule has 3 heteroatoms. The van der Waals surface area contributed by atoms with Gasteiger partial charge in [0.2, 0.25) is 0 Å². The molecule has 3 rings (SSSR count). The van der Waals surface area contributed by atoms with Crippen molar-refractivity contribution in [3.63, 3.8) is 0 Å². The van der Waals surface area contributed by atoms with Crippen LogP contribution in [0, 0.1) is 13.8 Å². The second-order valence-electron chi connectivity index (χ2n) is 10.3. The minimum Gasteiger partial charge on any atom is -0.369 e. The van der Waals surface area contributed by atoms with E-state index in [1.54, 1.807) is 6.21 Å². The summed E-state index contributed by atoms with van der Waals surface area (Å²) in [6.45, 7) is 17.6. The first-order valence-corrected chi connectivity index (χ1v) is 10.3. The van der Waals surface area contributed by atoms with Crippen LogP contribution in [0.4, 0.5) is 0 Å². The minimum atomic E-state index is -0.792. The highest BCUT2D eigenvalue weighted by molar-refractivity contribution is 5.96. The lowest BCUT2D eigenvalue weighted by Crippen LogP contribution is -2.32. The fourth-order valence-corrected chi connectivity index (χ4v) is 3.62. The Morgan fingerprint density at radius 3 is 1.76 bits per heavy atom. The monoisotopic (exact) mass is 390 g/mol. The maximum atomic E-state index is 10.2. The molecule has 29 heavy (non-hydrogen) atoms. The van der Waals surface area contributed by atoms with Crippen LogP contribution in [0.15, 0.2) is 41.4 Å². The number of nitrogens with one attached hydrogen (secondary N) is 1. The van der Waals surface area contributed by atoms with E-state index < -0.39 is 6.23 Å². The molecule has 1 aliphatic rings. The average Bonchev–Trinajstić information content (AvgIpc) is 2.59. The van der Waals surface area contributed by atoms with Crippen molar-refractivity contribution in [2.75, 3.05) is 0 Å². The largest absolute Gasteiger partial charge is 0.369 e. The van der Waals surface area contributed by atoms with Crippen LogP contribution in [0.25, 0.3) is 11.4 Å².